The maximum Gasteiger partial charge on any atom is 0.105 e. The normalized spacial score (nSPS) is 14.3. The number of imidazole rings is 1. The van der Waals surface area contributed by atoms with Crippen molar-refractivity contribution < 1.29 is 0 Å². The number of nitrogens with zero attached hydrogens (tertiary/aromatic N) is 2. The van der Waals surface area contributed by atoms with Crippen molar-refractivity contribution >= 4 is 24.9 Å². The third-order valence-electron chi connectivity index (χ3n) is 3.71. The number of halogens is 1. The Morgan fingerprint density at radius 2 is 2.00 bits per heavy atom. The second-order valence-electron chi connectivity index (χ2n) is 5.41. The summed E-state index contributed by atoms with van der Waals surface area (Å²) in [6, 6.07) is 9.76. The highest BCUT2D eigenvalue weighted by Gasteiger charge is 2.29. The van der Waals surface area contributed by atoms with E-state index in [9.17, 15) is 0 Å². The predicted octanol–water partition coefficient (Wildman–Crippen LogP) is 3.86. The quantitative estimate of drug-likeness (QED) is 0.739. The summed E-state index contributed by atoms with van der Waals surface area (Å²) >= 11 is 6.01. The second-order valence-corrected chi connectivity index (χ2v) is 10.4. The fourth-order valence-electron chi connectivity index (χ4n) is 2.52. The zero-order chi connectivity index (χ0) is 13.7. The average Bonchev–Trinajstić information content (AvgIpc) is 2.90. The van der Waals surface area contributed by atoms with Crippen LogP contribution in [0.4, 0.5) is 0 Å². The van der Waals surface area contributed by atoms with Crippen molar-refractivity contribution in [2.24, 2.45) is 0 Å². The fourth-order valence-corrected chi connectivity index (χ4v) is 6.37. The van der Waals surface area contributed by atoms with E-state index in [0.29, 0.717) is 0 Å². The minimum absolute atomic E-state index is 0.818. The summed E-state index contributed by atoms with van der Waals surface area (Å²) in [5.41, 5.74) is 0. The Morgan fingerprint density at radius 1 is 1.26 bits per heavy atom. The molecule has 0 spiro atoms. The van der Waals surface area contributed by atoms with Crippen molar-refractivity contribution in [2.45, 2.75) is 38.5 Å². The molecule has 102 valence electrons. The van der Waals surface area contributed by atoms with E-state index < -0.39 is 8.07 Å². The lowest BCUT2D eigenvalue weighted by molar-refractivity contribution is 0.814. The molecule has 0 aliphatic rings. The lowest BCUT2D eigenvalue weighted by Gasteiger charge is -2.28. The van der Waals surface area contributed by atoms with Gasteiger partial charge in [-0.3, -0.25) is 0 Å². The van der Waals surface area contributed by atoms with E-state index in [1.54, 1.807) is 0 Å². The number of unbranched alkanes of at least 4 members (excludes halogenated alkanes) is 1. The van der Waals surface area contributed by atoms with Gasteiger partial charge in [-0.25, -0.2) is 4.98 Å². The number of hydrogen-bond acceptors (Lipinski definition) is 1. The molecule has 0 N–H and O–H groups in total. The molecular formula is C15H21ClN2Si. The van der Waals surface area contributed by atoms with E-state index in [2.05, 4.69) is 41.4 Å². The van der Waals surface area contributed by atoms with Crippen LogP contribution in [-0.4, -0.2) is 17.6 Å². The summed E-state index contributed by atoms with van der Waals surface area (Å²) in [4.78, 5) is 4.16. The smallest absolute Gasteiger partial charge is 0.105 e. The largest absolute Gasteiger partial charge is 0.340 e. The zero-order valence-corrected chi connectivity index (χ0v) is 13.4. The van der Waals surface area contributed by atoms with Crippen molar-refractivity contribution in [2.75, 3.05) is 0 Å². The number of aromatic nitrogens is 2. The Labute approximate surface area is 121 Å². The highest BCUT2D eigenvalue weighted by atomic mass is 35.5. The third kappa shape index (κ3) is 3.70. The van der Waals surface area contributed by atoms with Gasteiger partial charge in [0.25, 0.3) is 0 Å². The van der Waals surface area contributed by atoms with Gasteiger partial charge in [-0.1, -0.05) is 61.3 Å². The summed E-state index contributed by atoms with van der Waals surface area (Å²) in [5.74, 6) is 0. The highest BCUT2D eigenvalue weighted by Crippen LogP contribution is 2.18. The van der Waals surface area contributed by atoms with Crippen LogP contribution in [-0.2, 0) is 6.17 Å². The van der Waals surface area contributed by atoms with Crippen LogP contribution < -0.4 is 5.19 Å². The van der Waals surface area contributed by atoms with Crippen LogP contribution in [0.5, 0.6) is 0 Å². The molecule has 0 amide bonds. The van der Waals surface area contributed by atoms with Crippen molar-refractivity contribution in [3.8, 4) is 0 Å². The first-order chi connectivity index (χ1) is 9.14. The van der Waals surface area contributed by atoms with Crippen molar-refractivity contribution in [1.29, 1.82) is 0 Å². The summed E-state index contributed by atoms with van der Waals surface area (Å²) < 4.78 is 2.22. The van der Waals surface area contributed by atoms with Gasteiger partial charge >= 0.3 is 0 Å². The SMILES string of the molecule is CCCC[Si](C)(Cn1ccnc1)c1ccc(Cl)cc1. The van der Waals surface area contributed by atoms with Gasteiger partial charge in [-0.2, -0.15) is 0 Å². The lowest BCUT2D eigenvalue weighted by Crippen LogP contribution is -2.48. The first-order valence-corrected chi connectivity index (χ1v) is 10.1. The van der Waals surface area contributed by atoms with E-state index in [1.807, 2.05) is 24.7 Å². The zero-order valence-electron chi connectivity index (χ0n) is 11.6. The van der Waals surface area contributed by atoms with E-state index >= 15 is 0 Å². The molecule has 1 aromatic heterocycles. The van der Waals surface area contributed by atoms with Gasteiger partial charge in [0.15, 0.2) is 0 Å². The van der Waals surface area contributed by atoms with E-state index in [1.165, 1.54) is 24.1 Å². The van der Waals surface area contributed by atoms with Gasteiger partial charge in [0.2, 0.25) is 0 Å². The minimum atomic E-state index is -1.51. The highest BCUT2D eigenvalue weighted by molar-refractivity contribution is 6.89. The average molecular weight is 293 g/mol. The molecule has 0 fully saturated rings. The molecule has 0 aliphatic heterocycles. The van der Waals surface area contributed by atoms with E-state index in [-0.39, 0.29) is 0 Å². The minimum Gasteiger partial charge on any atom is -0.340 e. The Bertz CT molecular complexity index is 495. The van der Waals surface area contributed by atoms with Gasteiger partial charge in [0.05, 0.1) is 6.33 Å². The van der Waals surface area contributed by atoms with Crippen molar-refractivity contribution in [3.63, 3.8) is 0 Å². The van der Waals surface area contributed by atoms with Crippen LogP contribution >= 0.6 is 11.6 Å². The molecule has 1 heterocycles. The van der Waals surface area contributed by atoms with Gasteiger partial charge in [0.1, 0.15) is 8.07 Å². The predicted molar refractivity (Wildman–Crippen MR) is 84.6 cm³/mol. The van der Waals surface area contributed by atoms with Crippen LogP contribution in [0.3, 0.4) is 0 Å². The van der Waals surface area contributed by atoms with Gasteiger partial charge < -0.3 is 4.57 Å². The van der Waals surface area contributed by atoms with Crippen LogP contribution in [0.1, 0.15) is 19.8 Å². The summed E-state index contributed by atoms with van der Waals surface area (Å²) in [5, 5.41) is 2.30. The topological polar surface area (TPSA) is 17.8 Å². The summed E-state index contributed by atoms with van der Waals surface area (Å²) in [7, 11) is -1.51. The molecule has 0 aliphatic carbocycles. The molecule has 2 rings (SSSR count). The van der Waals surface area contributed by atoms with Gasteiger partial charge in [-0.05, 0) is 12.1 Å². The summed E-state index contributed by atoms with van der Waals surface area (Å²) in [6.45, 7) is 4.72. The molecular weight excluding hydrogens is 272 g/mol. The monoisotopic (exact) mass is 292 g/mol. The van der Waals surface area contributed by atoms with Gasteiger partial charge in [-0.15, -0.1) is 0 Å². The number of benzene rings is 1. The standard InChI is InChI=1S/C15H21ClN2Si/c1-3-4-11-19(2,13-18-10-9-17-12-18)15-7-5-14(16)6-8-15/h5-10,12H,3-4,11,13H2,1-2H3. The van der Waals surface area contributed by atoms with Crippen LogP contribution in [0, 0.1) is 0 Å². The maximum atomic E-state index is 6.01. The molecule has 0 saturated carbocycles. The van der Waals surface area contributed by atoms with Crippen LogP contribution in [0.25, 0.3) is 0 Å². The Hall–Kier alpha value is -1.06. The molecule has 2 aromatic rings. The maximum absolute atomic E-state index is 6.01. The van der Waals surface area contributed by atoms with E-state index in [0.717, 1.165) is 11.2 Å². The Balaban J connectivity index is 2.25. The van der Waals surface area contributed by atoms with Gasteiger partial charge in [0, 0.05) is 23.6 Å². The molecule has 4 heteroatoms. The molecule has 0 bridgehead atoms. The second kappa shape index (κ2) is 6.39. The molecule has 0 saturated heterocycles. The molecule has 0 radical (unpaired) electrons. The fraction of sp³-hybridized carbons (Fsp3) is 0.400. The van der Waals surface area contributed by atoms with Crippen molar-refractivity contribution in [1.82, 2.24) is 9.55 Å². The Morgan fingerprint density at radius 3 is 2.58 bits per heavy atom. The molecule has 2 nitrogen and oxygen atoms in total. The molecule has 1 aromatic carbocycles. The van der Waals surface area contributed by atoms with Crippen LogP contribution in [0.15, 0.2) is 43.0 Å². The third-order valence-corrected chi connectivity index (χ3v) is 8.21. The number of rotatable bonds is 6. The number of hydrogen-bond donors (Lipinski definition) is 0. The first-order valence-electron chi connectivity index (χ1n) is 6.86. The summed E-state index contributed by atoms with van der Waals surface area (Å²) in [6.07, 6.45) is 9.48. The van der Waals surface area contributed by atoms with E-state index in [4.69, 9.17) is 11.6 Å². The van der Waals surface area contributed by atoms with Crippen molar-refractivity contribution in [3.05, 3.63) is 48.0 Å². The molecule has 1 atom stereocenters. The molecule has 1 unspecified atom stereocenters. The Kier molecular flexibility index (Phi) is 4.83. The first kappa shape index (κ1) is 14.3. The lowest BCUT2D eigenvalue weighted by atomic mass is 10.4. The van der Waals surface area contributed by atoms with Crippen LogP contribution in [0.2, 0.25) is 17.6 Å². The molecule has 19 heavy (non-hydrogen) atoms.